The van der Waals surface area contributed by atoms with E-state index in [4.69, 9.17) is 4.74 Å². The van der Waals surface area contributed by atoms with Crippen molar-refractivity contribution in [2.24, 2.45) is 0 Å². The largest absolute Gasteiger partial charge is 0.482 e. The summed E-state index contributed by atoms with van der Waals surface area (Å²) in [7, 11) is 0. The first-order valence-corrected chi connectivity index (χ1v) is 6.99. The molecule has 7 heteroatoms. The number of ether oxygens (including phenoxy) is 1. The zero-order valence-corrected chi connectivity index (χ0v) is 11.7. The lowest BCUT2D eigenvalue weighted by Gasteiger charge is -2.18. The predicted molar refractivity (Wildman–Crippen MR) is 80.5 cm³/mol. The molecule has 2 aromatic rings. The Hall–Kier alpha value is -2.67. The normalized spacial score (nSPS) is 12.9. The highest BCUT2D eigenvalue weighted by atomic mass is 32.1. The number of carbonyl (C=O) groups excluding carboxylic acids is 2. The van der Waals surface area contributed by atoms with Crippen LogP contribution in [0.1, 0.15) is 0 Å². The van der Waals surface area contributed by atoms with Gasteiger partial charge in [0.1, 0.15) is 5.75 Å². The number of fused-ring (bicyclic) bond motifs is 1. The van der Waals surface area contributed by atoms with Crippen LogP contribution in [-0.2, 0) is 9.59 Å². The number of hydrogen-bond acceptors (Lipinski definition) is 5. The minimum Gasteiger partial charge on any atom is -0.482 e. The van der Waals surface area contributed by atoms with Crippen LogP contribution in [-0.4, -0.2) is 23.4 Å². The number of anilines is 2. The van der Waals surface area contributed by atoms with Gasteiger partial charge in [-0.05, 0) is 24.3 Å². The van der Waals surface area contributed by atoms with Gasteiger partial charge in [0.2, 0.25) is 5.91 Å². The third-order valence-corrected chi connectivity index (χ3v) is 3.59. The fourth-order valence-electron chi connectivity index (χ4n) is 1.86. The lowest BCUT2D eigenvalue weighted by Crippen LogP contribution is -2.25. The Labute approximate surface area is 124 Å². The molecule has 0 saturated heterocycles. The molecule has 6 nitrogen and oxygen atoms in total. The minimum absolute atomic E-state index is 0.0286. The van der Waals surface area contributed by atoms with Crippen molar-refractivity contribution in [1.29, 1.82) is 0 Å². The number of aromatic nitrogens is 1. The number of nitrogens with one attached hydrogen (secondary N) is 2. The van der Waals surface area contributed by atoms with Crippen molar-refractivity contribution in [2.75, 3.05) is 17.2 Å². The number of carbonyl (C=O) groups is 2. The summed E-state index contributed by atoms with van der Waals surface area (Å²) in [4.78, 5) is 26.9. The van der Waals surface area contributed by atoms with Crippen LogP contribution in [0.5, 0.6) is 5.75 Å². The highest BCUT2D eigenvalue weighted by molar-refractivity contribution is 7.14. The molecule has 0 fully saturated rings. The van der Waals surface area contributed by atoms with Crippen molar-refractivity contribution in [3.8, 4) is 17.0 Å². The summed E-state index contributed by atoms with van der Waals surface area (Å²) in [6, 6.07) is 5.43. The number of amides is 2. The lowest BCUT2D eigenvalue weighted by molar-refractivity contribution is -0.118. The third kappa shape index (κ3) is 2.77. The number of rotatable bonds is 3. The van der Waals surface area contributed by atoms with Crippen molar-refractivity contribution in [2.45, 2.75) is 0 Å². The molecule has 0 atom stereocenters. The van der Waals surface area contributed by atoms with E-state index < -0.39 is 0 Å². The maximum absolute atomic E-state index is 11.3. The molecular weight excluding hydrogens is 290 g/mol. The van der Waals surface area contributed by atoms with Gasteiger partial charge in [-0.25, -0.2) is 4.98 Å². The van der Waals surface area contributed by atoms with E-state index in [0.717, 1.165) is 5.56 Å². The van der Waals surface area contributed by atoms with E-state index in [9.17, 15) is 9.59 Å². The van der Waals surface area contributed by atoms with Gasteiger partial charge in [0.15, 0.2) is 11.7 Å². The first kappa shape index (κ1) is 13.3. The molecule has 0 spiro atoms. The monoisotopic (exact) mass is 301 g/mol. The van der Waals surface area contributed by atoms with Crippen LogP contribution >= 0.6 is 11.3 Å². The van der Waals surface area contributed by atoms with E-state index in [1.807, 2.05) is 11.4 Å². The maximum Gasteiger partial charge on any atom is 0.262 e. The van der Waals surface area contributed by atoms with Crippen LogP contribution in [0.15, 0.2) is 36.2 Å². The molecule has 1 aromatic heterocycles. The molecule has 0 aliphatic carbocycles. The second kappa shape index (κ2) is 5.37. The molecule has 0 radical (unpaired) electrons. The Morgan fingerprint density at radius 2 is 2.38 bits per heavy atom. The van der Waals surface area contributed by atoms with E-state index >= 15 is 0 Å². The van der Waals surface area contributed by atoms with Crippen LogP contribution < -0.4 is 15.4 Å². The standard InChI is InChI=1S/C14H11N3O3S/c1-2-12(18)17-14-16-10(7-21-14)8-3-4-11-9(5-8)15-13(19)6-20-11/h2-5,7H,1,6H2,(H,15,19)(H,16,17,18). The van der Waals surface area contributed by atoms with Gasteiger partial charge in [-0.2, -0.15) is 0 Å². The summed E-state index contributed by atoms with van der Waals surface area (Å²) in [6.45, 7) is 3.42. The van der Waals surface area contributed by atoms with Crippen LogP contribution in [0, 0.1) is 0 Å². The highest BCUT2D eigenvalue weighted by Gasteiger charge is 2.17. The Balaban J connectivity index is 1.87. The Bertz CT molecular complexity index is 739. The zero-order chi connectivity index (χ0) is 14.8. The SMILES string of the molecule is C=CC(=O)Nc1nc(-c2ccc3c(c2)NC(=O)CO3)cs1. The average molecular weight is 301 g/mol. The molecule has 1 aromatic carbocycles. The van der Waals surface area contributed by atoms with Gasteiger partial charge in [0.25, 0.3) is 5.91 Å². The summed E-state index contributed by atoms with van der Waals surface area (Å²) in [6.07, 6.45) is 1.19. The second-order valence-corrected chi connectivity index (χ2v) is 5.14. The van der Waals surface area contributed by atoms with Crippen LogP contribution in [0.3, 0.4) is 0 Å². The quantitative estimate of drug-likeness (QED) is 0.852. The summed E-state index contributed by atoms with van der Waals surface area (Å²) >= 11 is 1.32. The van der Waals surface area contributed by atoms with Crippen LogP contribution in [0.25, 0.3) is 11.3 Å². The molecule has 2 N–H and O–H groups in total. The Morgan fingerprint density at radius 1 is 1.52 bits per heavy atom. The predicted octanol–water partition coefficient (Wildman–Crippen LogP) is 2.27. The van der Waals surface area contributed by atoms with Gasteiger partial charge in [0.05, 0.1) is 11.4 Å². The van der Waals surface area contributed by atoms with E-state index in [1.165, 1.54) is 17.4 Å². The molecule has 21 heavy (non-hydrogen) atoms. The van der Waals surface area contributed by atoms with Crippen molar-refractivity contribution in [3.05, 3.63) is 36.2 Å². The Kier molecular flexibility index (Phi) is 3.41. The molecule has 0 saturated carbocycles. The summed E-state index contributed by atoms with van der Waals surface area (Å²) in [5.74, 6) is 0.146. The van der Waals surface area contributed by atoms with E-state index in [-0.39, 0.29) is 18.4 Å². The van der Waals surface area contributed by atoms with Gasteiger partial charge in [0, 0.05) is 10.9 Å². The molecule has 1 aliphatic rings. The molecule has 3 rings (SSSR count). The molecule has 106 valence electrons. The lowest BCUT2D eigenvalue weighted by atomic mass is 10.1. The summed E-state index contributed by atoms with van der Waals surface area (Å²) in [5, 5.41) is 7.67. The highest BCUT2D eigenvalue weighted by Crippen LogP contribution is 2.33. The fourth-order valence-corrected chi connectivity index (χ4v) is 2.59. The van der Waals surface area contributed by atoms with Crippen LogP contribution in [0.2, 0.25) is 0 Å². The smallest absolute Gasteiger partial charge is 0.262 e. The van der Waals surface area contributed by atoms with Gasteiger partial charge >= 0.3 is 0 Å². The maximum atomic E-state index is 11.3. The van der Waals surface area contributed by atoms with Crippen molar-refractivity contribution < 1.29 is 14.3 Å². The molecule has 0 bridgehead atoms. The molecule has 1 aliphatic heterocycles. The van der Waals surface area contributed by atoms with Gasteiger partial charge in [-0.15, -0.1) is 11.3 Å². The first-order chi connectivity index (χ1) is 10.2. The average Bonchev–Trinajstić information content (AvgIpc) is 2.94. The first-order valence-electron chi connectivity index (χ1n) is 6.12. The summed E-state index contributed by atoms with van der Waals surface area (Å²) < 4.78 is 5.30. The molecule has 0 unspecified atom stereocenters. The van der Waals surface area contributed by atoms with Gasteiger partial charge in [-0.1, -0.05) is 6.58 Å². The molecular formula is C14H11N3O3S. The molecule has 2 heterocycles. The number of benzene rings is 1. The van der Waals surface area contributed by atoms with E-state index in [0.29, 0.717) is 22.3 Å². The van der Waals surface area contributed by atoms with E-state index in [1.54, 1.807) is 12.1 Å². The van der Waals surface area contributed by atoms with Crippen molar-refractivity contribution in [3.63, 3.8) is 0 Å². The third-order valence-electron chi connectivity index (χ3n) is 2.83. The summed E-state index contributed by atoms with van der Waals surface area (Å²) in [5.41, 5.74) is 2.16. The number of hydrogen-bond donors (Lipinski definition) is 2. The van der Waals surface area contributed by atoms with Crippen molar-refractivity contribution >= 4 is 34.0 Å². The fraction of sp³-hybridized carbons (Fsp3) is 0.0714. The zero-order valence-electron chi connectivity index (χ0n) is 10.9. The topological polar surface area (TPSA) is 80.3 Å². The second-order valence-electron chi connectivity index (χ2n) is 4.28. The van der Waals surface area contributed by atoms with E-state index in [2.05, 4.69) is 22.2 Å². The number of nitrogens with zero attached hydrogens (tertiary/aromatic N) is 1. The van der Waals surface area contributed by atoms with Gasteiger partial charge in [-0.3, -0.25) is 14.9 Å². The van der Waals surface area contributed by atoms with Crippen LogP contribution in [0.4, 0.5) is 10.8 Å². The Morgan fingerprint density at radius 3 is 3.19 bits per heavy atom. The minimum atomic E-state index is -0.304. The van der Waals surface area contributed by atoms with Gasteiger partial charge < -0.3 is 10.1 Å². The molecule has 2 amide bonds. The number of thiazole rings is 1. The van der Waals surface area contributed by atoms with Crippen molar-refractivity contribution in [1.82, 2.24) is 4.98 Å².